The summed E-state index contributed by atoms with van der Waals surface area (Å²) < 4.78 is 1.19. The Morgan fingerprint density at radius 1 is 1.00 bits per heavy atom. The standard InChI is InChI=1S/C23H20N2OS/c1-15-8-13-20-21(14-15)27-23(25-20)18-9-11-19(12-10-18)24-22(26)16(2)17-6-4-3-5-7-17/h3-14,16H,1-2H3,(H,24,26). The van der Waals surface area contributed by atoms with Crippen molar-refractivity contribution in [3.05, 3.63) is 83.9 Å². The fourth-order valence-electron chi connectivity index (χ4n) is 3.00. The number of carbonyl (C=O) groups is 1. The normalized spacial score (nSPS) is 12.1. The zero-order valence-electron chi connectivity index (χ0n) is 15.3. The predicted octanol–water partition coefficient (Wildman–Crippen LogP) is 6.01. The number of aryl methyl sites for hydroxylation is 1. The first-order chi connectivity index (χ1) is 13.1. The van der Waals surface area contributed by atoms with Crippen LogP contribution in [0.3, 0.4) is 0 Å². The summed E-state index contributed by atoms with van der Waals surface area (Å²) in [5.41, 5.74) is 5.13. The molecule has 134 valence electrons. The Morgan fingerprint density at radius 2 is 1.74 bits per heavy atom. The summed E-state index contributed by atoms with van der Waals surface area (Å²) >= 11 is 1.69. The van der Waals surface area contributed by atoms with Crippen molar-refractivity contribution in [2.75, 3.05) is 5.32 Å². The van der Waals surface area contributed by atoms with E-state index >= 15 is 0 Å². The Hall–Kier alpha value is -2.98. The molecule has 1 atom stereocenters. The molecule has 4 rings (SSSR count). The SMILES string of the molecule is Cc1ccc2nc(-c3ccc(NC(=O)C(C)c4ccccc4)cc3)sc2c1. The van der Waals surface area contributed by atoms with Gasteiger partial charge in [0, 0.05) is 11.3 Å². The fourth-order valence-corrected chi connectivity index (χ4v) is 4.06. The van der Waals surface area contributed by atoms with Crippen molar-refractivity contribution >= 4 is 33.1 Å². The lowest BCUT2D eigenvalue weighted by atomic mass is 10.0. The van der Waals surface area contributed by atoms with E-state index in [1.165, 1.54) is 10.3 Å². The molecule has 0 radical (unpaired) electrons. The van der Waals surface area contributed by atoms with E-state index < -0.39 is 0 Å². The maximum absolute atomic E-state index is 12.5. The quantitative estimate of drug-likeness (QED) is 0.476. The maximum atomic E-state index is 12.5. The number of amides is 1. The lowest BCUT2D eigenvalue weighted by Crippen LogP contribution is -2.18. The summed E-state index contributed by atoms with van der Waals surface area (Å²) in [4.78, 5) is 17.2. The van der Waals surface area contributed by atoms with Crippen LogP contribution in [0.5, 0.6) is 0 Å². The van der Waals surface area contributed by atoms with Crippen molar-refractivity contribution < 1.29 is 4.79 Å². The molecule has 1 N–H and O–H groups in total. The van der Waals surface area contributed by atoms with E-state index in [9.17, 15) is 4.79 Å². The molecule has 3 nitrogen and oxygen atoms in total. The Bertz CT molecular complexity index is 1080. The first kappa shape index (κ1) is 17.4. The highest BCUT2D eigenvalue weighted by Gasteiger charge is 2.15. The van der Waals surface area contributed by atoms with Crippen LogP contribution in [0.15, 0.2) is 72.8 Å². The van der Waals surface area contributed by atoms with Crippen molar-refractivity contribution in [2.24, 2.45) is 0 Å². The summed E-state index contributed by atoms with van der Waals surface area (Å²) in [6.07, 6.45) is 0. The third-order valence-corrected chi connectivity index (χ3v) is 5.70. The number of hydrogen-bond donors (Lipinski definition) is 1. The smallest absolute Gasteiger partial charge is 0.231 e. The highest BCUT2D eigenvalue weighted by Crippen LogP contribution is 2.31. The third-order valence-electron chi connectivity index (χ3n) is 4.64. The number of thiazole rings is 1. The van der Waals surface area contributed by atoms with E-state index in [1.807, 2.05) is 61.5 Å². The van der Waals surface area contributed by atoms with Gasteiger partial charge in [-0.2, -0.15) is 0 Å². The highest BCUT2D eigenvalue weighted by atomic mass is 32.1. The Morgan fingerprint density at radius 3 is 2.48 bits per heavy atom. The second-order valence-corrected chi connectivity index (χ2v) is 7.72. The molecule has 0 spiro atoms. The van der Waals surface area contributed by atoms with Crippen LogP contribution in [0.4, 0.5) is 5.69 Å². The van der Waals surface area contributed by atoms with Crippen LogP contribution in [-0.4, -0.2) is 10.9 Å². The third kappa shape index (κ3) is 3.76. The molecule has 0 aliphatic carbocycles. The number of hydrogen-bond acceptors (Lipinski definition) is 3. The maximum Gasteiger partial charge on any atom is 0.231 e. The van der Waals surface area contributed by atoms with Gasteiger partial charge in [0.05, 0.1) is 16.1 Å². The molecule has 27 heavy (non-hydrogen) atoms. The molecule has 0 aliphatic rings. The number of aromatic nitrogens is 1. The van der Waals surface area contributed by atoms with Crippen LogP contribution >= 0.6 is 11.3 Å². The second-order valence-electron chi connectivity index (χ2n) is 6.69. The summed E-state index contributed by atoms with van der Waals surface area (Å²) in [5, 5.41) is 3.99. The molecule has 0 aliphatic heterocycles. The molecule has 0 saturated heterocycles. The number of rotatable bonds is 4. The van der Waals surface area contributed by atoms with Gasteiger partial charge in [-0.1, -0.05) is 36.4 Å². The molecule has 4 aromatic rings. The molecule has 3 aromatic carbocycles. The summed E-state index contributed by atoms with van der Waals surface area (Å²) in [5.74, 6) is -0.206. The average Bonchev–Trinajstić information content (AvgIpc) is 3.11. The Labute approximate surface area is 162 Å². The summed E-state index contributed by atoms with van der Waals surface area (Å²) in [6, 6.07) is 24.0. The minimum absolute atomic E-state index is 0.00980. The number of carbonyl (C=O) groups excluding carboxylic acids is 1. The van der Waals surface area contributed by atoms with Gasteiger partial charge >= 0.3 is 0 Å². The first-order valence-electron chi connectivity index (χ1n) is 8.93. The van der Waals surface area contributed by atoms with E-state index in [4.69, 9.17) is 4.98 Å². The van der Waals surface area contributed by atoms with Crippen molar-refractivity contribution in [1.82, 2.24) is 4.98 Å². The molecular formula is C23H20N2OS. The van der Waals surface area contributed by atoms with E-state index in [2.05, 4.69) is 30.4 Å². The average molecular weight is 372 g/mol. The van der Waals surface area contributed by atoms with E-state index in [0.29, 0.717) is 0 Å². The molecule has 1 amide bonds. The minimum Gasteiger partial charge on any atom is -0.326 e. The van der Waals surface area contributed by atoms with Gasteiger partial charge in [0.2, 0.25) is 5.91 Å². The van der Waals surface area contributed by atoms with Crippen LogP contribution in [0.1, 0.15) is 24.0 Å². The van der Waals surface area contributed by atoms with Crippen LogP contribution in [0.25, 0.3) is 20.8 Å². The molecular weight excluding hydrogens is 352 g/mol. The lowest BCUT2D eigenvalue weighted by Gasteiger charge is -2.12. The molecule has 1 aromatic heterocycles. The predicted molar refractivity (Wildman–Crippen MR) is 113 cm³/mol. The van der Waals surface area contributed by atoms with Crippen molar-refractivity contribution in [3.8, 4) is 10.6 Å². The molecule has 0 fully saturated rings. The first-order valence-corrected chi connectivity index (χ1v) is 9.75. The Balaban J connectivity index is 1.50. The number of nitrogens with one attached hydrogen (secondary N) is 1. The molecule has 0 saturated carbocycles. The minimum atomic E-state index is -0.196. The molecule has 4 heteroatoms. The summed E-state index contributed by atoms with van der Waals surface area (Å²) in [7, 11) is 0. The second kappa shape index (κ2) is 7.33. The number of fused-ring (bicyclic) bond motifs is 1. The van der Waals surface area contributed by atoms with Gasteiger partial charge in [-0.25, -0.2) is 4.98 Å². The van der Waals surface area contributed by atoms with Crippen LogP contribution in [0.2, 0.25) is 0 Å². The van der Waals surface area contributed by atoms with E-state index in [0.717, 1.165) is 27.3 Å². The lowest BCUT2D eigenvalue weighted by molar-refractivity contribution is -0.117. The van der Waals surface area contributed by atoms with Gasteiger partial charge in [-0.15, -0.1) is 11.3 Å². The highest BCUT2D eigenvalue weighted by molar-refractivity contribution is 7.21. The zero-order valence-corrected chi connectivity index (χ0v) is 16.1. The van der Waals surface area contributed by atoms with Gasteiger partial charge in [0.15, 0.2) is 0 Å². The molecule has 0 bridgehead atoms. The number of benzene rings is 3. The van der Waals surface area contributed by atoms with E-state index in [-0.39, 0.29) is 11.8 Å². The Kier molecular flexibility index (Phi) is 4.73. The van der Waals surface area contributed by atoms with Crippen molar-refractivity contribution in [1.29, 1.82) is 0 Å². The molecule has 1 unspecified atom stereocenters. The van der Waals surface area contributed by atoms with Gasteiger partial charge in [-0.05, 0) is 61.4 Å². The van der Waals surface area contributed by atoms with Gasteiger partial charge in [0.25, 0.3) is 0 Å². The van der Waals surface area contributed by atoms with Gasteiger partial charge < -0.3 is 5.32 Å². The van der Waals surface area contributed by atoms with Crippen LogP contribution in [0, 0.1) is 6.92 Å². The van der Waals surface area contributed by atoms with Crippen LogP contribution in [-0.2, 0) is 4.79 Å². The van der Waals surface area contributed by atoms with E-state index in [1.54, 1.807) is 11.3 Å². The van der Waals surface area contributed by atoms with Gasteiger partial charge in [-0.3, -0.25) is 4.79 Å². The van der Waals surface area contributed by atoms with Crippen molar-refractivity contribution in [3.63, 3.8) is 0 Å². The summed E-state index contributed by atoms with van der Waals surface area (Å²) in [6.45, 7) is 4.01. The zero-order chi connectivity index (χ0) is 18.8. The molecule has 1 heterocycles. The number of anilines is 1. The monoisotopic (exact) mass is 372 g/mol. The van der Waals surface area contributed by atoms with Crippen LogP contribution < -0.4 is 5.32 Å². The number of nitrogens with zero attached hydrogens (tertiary/aromatic N) is 1. The fraction of sp³-hybridized carbons (Fsp3) is 0.130. The van der Waals surface area contributed by atoms with Gasteiger partial charge in [0.1, 0.15) is 5.01 Å². The largest absolute Gasteiger partial charge is 0.326 e. The van der Waals surface area contributed by atoms with Crippen molar-refractivity contribution in [2.45, 2.75) is 19.8 Å². The topological polar surface area (TPSA) is 42.0 Å².